The third kappa shape index (κ3) is 3.70. The van der Waals surface area contributed by atoms with E-state index in [4.69, 9.17) is 10.00 Å². The molecule has 0 radical (unpaired) electrons. The Morgan fingerprint density at radius 3 is 2.32 bits per heavy atom. The van der Waals surface area contributed by atoms with Gasteiger partial charge in [-0.15, -0.1) is 0 Å². The maximum Gasteiger partial charge on any atom is 0.416 e. The van der Waals surface area contributed by atoms with E-state index in [1.54, 1.807) is 0 Å². The van der Waals surface area contributed by atoms with E-state index in [9.17, 15) is 13.2 Å². The van der Waals surface area contributed by atoms with Crippen LogP contribution in [0.2, 0.25) is 0 Å². The van der Waals surface area contributed by atoms with Crippen molar-refractivity contribution in [3.63, 3.8) is 0 Å². The third-order valence-electron chi connectivity index (χ3n) is 2.66. The fourth-order valence-corrected chi connectivity index (χ4v) is 1.74. The second kappa shape index (κ2) is 6.39. The van der Waals surface area contributed by atoms with E-state index in [2.05, 4.69) is 17.2 Å². The van der Waals surface area contributed by atoms with E-state index < -0.39 is 11.7 Å². The first-order chi connectivity index (χ1) is 10.4. The smallest absolute Gasteiger partial charge is 0.416 e. The average Bonchev–Trinajstić information content (AvgIpc) is 2.49. The zero-order chi connectivity index (χ0) is 16.2. The highest BCUT2D eigenvalue weighted by Crippen LogP contribution is 2.38. The lowest BCUT2D eigenvalue weighted by molar-refractivity contribution is -0.137. The van der Waals surface area contributed by atoms with E-state index in [0.29, 0.717) is 11.3 Å². The number of nitriles is 1. The summed E-state index contributed by atoms with van der Waals surface area (Å²) in [6.07, 6.45) is -4.49. The van der Waals surface area contributed by atoms with Gasteiger partial charge in [-0.3, -0.25) is 0 Å². The molecule has 0 unspecified atom stereocenters. The molecule has 0 saturated carbocycles. The molecule has 0 atom stereocenters. The largest absolute Gasteiger partial charge is 0.455 e. The molecule has 0 amide bonds. The summed E-state index contributed by atoms with van der Waals surface area (Å²) in [7, 11) is 0. The van der Waals surface area contributed by atoms with Gasteiger partial charge >= 0.3 is 6.18 Å². The minimum absolute atomic E-state index is 0.0748. The van der Waals surface area contributed by atoms with Gasteiger partial charge in [0, 0.05) is 0 Å². The van der Waals surface area contributed by atoms with Crippen LogP contribution < -0.4 is 4.74 Å². The summed E-state index contributed by atoms with van der Waals surface area (Å²) in [5.74, 6) is 0.467. The molecular formula is C15H7F3N2OS. The van der Waals surface area contributed by atoms with Crippen molar-refractivity contribution in [3.8, 4) is 17.6 Å². The molecule has 2 aromatic rings. The number of ether oxygens (including phenoxy) is 1. The summed E-state index contributed by atoms with van der Waals surface area (Å²) >= 11 is 4.44. The molecule has 2 aromatic carbocycles. The molecule has 0 spiro atoms. The van der Waals surface area contributed by atoms with Crippen molar-refractivity contribution in [2.75, 3.05) is 0 Å². The number of aliphatic imine (C=N–C) groups is 1. The highest BCUT2D eigenvalue weighted by molar-refractivity contribution is 7.78. The van der Waals surface area contributed by atoms with Crippen LogP contribution in [0, 0.1) is 11.3 Å². The quantitative estimate of drug-likeness (QED) is 0.583. The van der Waals surface area contributed by atoms with Crippen LogP contribution in [0.25, 0.3) is 0 Å². The zero-order valence-electron chi connectivity index (χ0n) is 10.9. The molecule has 3 nitrogen and oxygen atoms in total. The third-order valence-corrected chi connectivity index (χ3v) is 2.75. The number of nitrogens with zero attached hydrogens (tertiary/aromatic N) is 2. The van der Waals surface area contributed by atoms with Gasteiger partial charge in [0.2, 0.25) is 0 Å². The van der Waals surface area contributed by atoms with Gasteiger partial charge in [0.25, 0.3) is 0 Å². The fourth-order valence-electron chi connectivity index (χ4n) is 1.64. The maximum atomic E-state index is 12.7. The van der Waals surface area contributed by atoms with Crippen molar-refractivity contribution in [3.05, 3.63) is 53.6 Å². The molecule has 0 aromatic heterocycles. The van der Waals surface area contributed by atoms with Crippen molar-refractivity contribution in [1.29, 1.82) is 5.26 Å². The summed E-state index contributed by atoms with van der Waals surface area (Å²) < 4.78 is 43.5. The molecule has 110 valence electrons. The van der Waals surface area contributed by atoms with E-state index >= 15 is 0 Å². The predicted octanol–water partition coefficient (Wildman–Crippen LogP) is 5.10. The van der Waals surface area contributed by atoms with Crippen molar-refractivity contribution in [2.45, 2.75) is 6.18 Å². The molecule has 0 fully saturated rings. The molecule has 2 rings (SSSR count). The van der Waals surface area contributed by atoms with Crippen molar-refractivity contribution >= 4 is 23.1 Å². The number of isothiocyanates is 1. The zero-order valence-corrected chi connectivity index (χ0v) is 11.7. The van der Waals surface area contributed by atoms with Gasteiger partial charge < -0.3 is 4.74 Å². The molecule has 0 aliphatic heterocycles. The van der Waals surface area contributed by atoms with E-state index in [0.717, 1.165) is 18.2 Å². The Bertz CT molecular complexity index is 773. The number of hydrogen-bond acceptors (Lipinski definition) is 4. The summed E-state index contributed by atoms with van der Waals surface area (Å²) in [6, 6.07) is 10.9. The average molecular weight is 320 g/mol. The Balaban J connectivity index is 2.37. The molecule has 0 heterocycles. The number of hydrogen-bond donors (Lipinski definition) is 0. The van der Waals surface area contributed by atoms with Gasteiger partial charge in [0.1, 0.15) is 11.4 Å². The summed E-state index contributed by atoms with van der Waals surface area (Å²) in [5, 5.41) is 10.7. The lowest BCUT2D eigenvalue weighted by Crippen LogP contribution is -2.04. The number of halogens is 3. The van der Waals surface area contributed by atoms with E-state index in [1.165, 1.54) is 24.3 Å². The van der Waals surface area contributed by atoms with Crippen molar-refractivity contribution in [2.24, 2.45) is 4.99 Å². The van der Waals surface area contributed by atoms with Gasteiger partial charge in [-0.05, 0) is 54.7 Å². The molecule has 7 heteroatoms. The first kappa shape index (κ1) is 15.7. The number of rotatable bonds is 3. The van der Waals surface area contributed by atoms with Gasteiger partial charge in [-0.2, -0.15) is 23.4 Å². The van der Waals surface area contributed by atoms with Crippen LogP contribution in [0.15, 0.2) is 47.5 Å². The van der Waals surface area contributed by atoms with Gasteiger partial charge in [0.15, 0.2) is 5.75 Å². The summed E-state index contributed by atoms with van der Waals surface area (Å²) in [4.78, 5) is 3.60. The normalized spacial score (nSPS) is 10.5. The van der Waals surface area contributed by atoms with Crippen LogP contribution in [-0.4, -0.2) is 5.16 Å². The molecule has 0 aliphatic carbocycles. The lowest BCUT2D eigenvalue weighted by Gasteiger charge is -2.11. The Kier molecular flexibility index (Phi) is 4.56. The van der Waals surface area contributed by atoms with Crippen LogP contribution in [-0.2, 0) is 6.18 Å². The number of thiocarbonyl (C=S) groups is 1. The molecule has 0 N–H and O–H groups in total. The second-order valence-corrected chi connectivity index (χ2v) is 4.30. The topological polar surface area (TPSA) is 45.4 Å². The summed E-state index contributed by atoms with van der Waals surface area (Å²) in [5.41, 5.74) is -0.491. The second-order valence-electron chi connectivity index (χ2n) is 4.12. The first-order valence-electron chi connectivity index (χ1n) is 5.91. The van der Waals surface area contributed by atoms with Gasteiger partial charge in [-0.25, -0.2) is 0 Å². The molecular weight excluding hydrogens is 313 g/mol. The maximum absolute atomic E-state index is 12.7. The molecule has 0 saturated heterocycles. The Labute approximate surface area is 129 Å². The Hall–Kier alpha value is -2.68. The minimum atomic E-state index is -4.49. The molecule has 0 bridgehead atoms. The predicted molar refractivity (Wildman–Crippen MR) is 77.4 cm³/mol. The van der Waals surface area contributed by atoms with E-state index in [-0.39, 0.29) is 11.4 Å². The SMILES string of the molecule is N#Cc1ccc(Oc2ccc(C(F)(F)F)cc2N=C=S)cc1. The van der Waals surface area contributed by atoms with Crippen LogP contribution in [0.4, 0.5) is 18.9 Å². The van der Waals surface area contributed by atoms with Gasteiger partial charge in [0.05, 0.1) is 22.4 Å². The number of alkyl halides is 3. The number of benzene rings is 2. The van der Waals surface area contributed by atoms with Crippen LogP contribution in [0.3, 0.4) is 0 Å². The lowest BCUT2D eigenvalue weighted by atomic mass is 10.2. The highest BCUT2D eigenvalue weighted by Gasteiger charge is 2.31. The van der Waals surface area contributed by atoms with Gasteiger partial charge in [-0.1, -0.05) is 0 Å². The van der Waals surface area contributed by atoms with Crippen molar-refractivity contribution < 1.29 is 17.9 Å². The molecule has 22 heavy (non-hydrogen) atoms. The molecule has 0 aliphatic rings. The standard InChI is InChI=1S/C15H7F3N2OS/c16-15(17,18)11-3-6-14(13(7-11)20-9-22)21-12-4-1-10(8-19)2-5-12/h1-7H. The van der Waals surface area contributed by atoms with Crippen LogP contribution in [0.1, 0.15) is 11.1 Å². The van der Waals surface area contributed by atoms with Crippen LogP contribution in [0.5, 0.6) is 11.5 Å². The van der Waals surface area contributed by atoms with Crippen LogP contribution >= 0.6 is 12.2 Å². The summed E-state index contributed by atoms with van der Waals surface area (Å²) in [6.45, 7) is 0. The first-order valence-corrected chi connectivity index (χ1v) is 6.32. The Morgan fingerprint density at radius 1 is 1.09 bits per heavy atom. The monoisotopic (exact) mass is 320 g/mol. The highest BCUT2D eigenvalue weighted by atomic mass is 32.1. The Morgan fingerprint density at radius 2 is 1.77 bits per heavy atom. The minimum Gasteiger partial charge on any atom is -0.455 e. The van der Waals surface area contributed by atoms with E-state index in [1.807, 2.05) is 11.2 Å². The fraction of sp³-hybridized carbons (Fsp3) is 0.0667. The van der Waals surface area contributed by atoms with Crippen molar-refractivity contribution in [1.82, 2.24) is 0 Å².